The van der Waals surface area contributed by atoms with Crippen molar-refractivity contribution in [2.45, 2.75) is 26.3 Å². The molecular weight excluding hydrogens is 310 g/mol. The van der Waals surface area contributed by atoms with Gasteiger partial charge in [-0.05, 0) is 36.6 Å². The lowest BCUT2D eigenvalue weighted by Crippen LogP contribution is -2.31. The third-order valence-electron chi connectivity index (χ3n) is 5.00. The molecular formula is C21H21N3O. The number of aryl methyl sites for hydroxylation is 2. The minimum Gasteiger partial charge on any atom is -0.367 e. The molecule has 0 bridgehead atoms. The Morgan fingerprint density at radius 1 is 1.20 bits per heavy atom. The summed E-state index contributed by atoms with van der Waals surface area (Å²) in [5.74, 6) is 0.801. The van der Waals surface area contributed by atoms with E-state index in [9.17, 15) is 0 Å². The average Bonchev–Trinajstić information content (AvgIpc) is 2.95. The number of pyridine rings is 1. The summed E-state index contributed by atoms with van der Waals surface area (Å²) in [5.41, 5.74) is 7.63. The Balaban J connectivity index is 1.90. The fourth-order valence-corrected chi connectivity index (χ4v) is 3.66. The maximum atomic E-state index is 5.33. The molecule has 1 aliphatic rings. The highest BCUT2D eigenvalue weighted by Gasteiger charge is 2.29. The number of likely N-dealkylation sites (N-methyl/N-ethyl adjacent to an activating group) is 1. The molecule has 1 aromatic carbocycles. The van der Waals surface area contributed by atoms with Crippen LogP contribution in [-0.2, 0) is 6.42 Å². The van der Waals surface area contributed by atoms with E-state index in [1.165, 1.54) is 16.7 Å². The van der Waals surface area contributed by atoms with Crippen molar-refractivity contribution in [2.24, 2.45) is 0 Å². The number of hydrogen-bond acceptors (Lipinski definition) is 4. The quantitative estimate of drug-likeness (QED) is 0.696. The number of aromatic nitrogens is 2. The molecule has 25 heavy (non-hydrogen) atoms. The molecule has 0 saturated carbocycles. The lowest BCUT2D eigenvalue weighted by molar-refractivity contribution is 0.328. The van der Waals surface area contributed by atoms with E-state index in [0.717, 1.165) is 34.8 Å². The van der Waals surface area contributed by atoms with Crippen LogP contribution in [0.4, 0.5) is 0 Å². The summed E-state index contributed by atoms with van der Waals surface area (Å²) >= 11 is 0. The van der Waals surface area contributed by atoms with Crippen molar-refractivity contribution >= 4 is 0 Å². The molecule has 4 heteroatoms. The van der Waals surface area contributed by atoms with Gasteiger partial charge in [0.15, 0.2) is 0 Å². The number of nitrogens with zero attached hydrogens (tertiary/aromatic N) is 3. The standard InChI is InChI=1S/C21H21N3O/c1-13-10-17-12-22-19(20-14(2)23-25-15(20)3)11-18(17)21(24(13)4)16-8-6-5-7-9-16/h5-9,11-12,21H,1,10H2,2-4H3/t21-/m0/s1. The molecule has 3 aromatic rings. The first-order valence-corrected chi connectivity index (χ1v) is 8.44. The van der Waals surface area contributed by atoms with E-state index in [0.29, 0.717) is 0 Å². The predicted molar refractivity (Wildman–Crippen MR) is 98.1 cm³/mol. The van der Waals surface area contributed by atoms with Crippen LogP contribution in [0.5, 0.6) is 0 Å². The van der Waals surface area contributed by atoms with Gasteiger partial charge in [0, 0.05) is 25.4 Å². The van der Waals surface area contributed by atoms with Crippen LogP contribution in [0, 0.1) is 13.8 Å². The minimum atomic E-state index is 0.139. The molecule has 0 amide bonds. The van der Waals surface area contributed by atoms with Gasteiger partial charge in [-0.15, -0.1) is 0 Å². The van der Waals surface area contributed by atoms with Gasteiger partial charge in [-0.25, -0.2) is 0 Å². The molecule has 0 saturated heterocycles. The van der Waals surface area contributed by atoms with Crippen molar-refractivity contribution in [3.8, 4) is 11.3 Å². The monoisotopic (exact) mass is 331 g/mol. The van der Waals surface area contributed by atoms with Crippen molar-refractivity contribution in [1.29, 1.82) is 0 Å². The largest absolute Gasteiger partial charge is 0.367 e. The molecule has 2 aromatic heterocycles. The number of rotatable bonds is 2. The third kappa shape index (κ3) is 2.54. The zero-order valence-electron chi connectivity index (χ0n) is 14.8. The molecule has 0 fully saturated rings. The van der Waals surface area contributed by atoms with Crippen LogP contribution in [0.2, 0.25) is 0 Å². The van der Waals surface area contributed by atoms with Crippen molar-refractivity contribution in [2.75, 3.05) is 7.05 Å². The van der Waals surface area contributed by atoms with Gasteiger partial charge in [0.25, 0.3) is 0 Å². The van der Waals surface area contributed by atoms with E-state index in [2.05, 4.69) is 59.0 Å². The van der Waals surface area contributed by atoms with E-state index >= 15 is 0 Å². The van der Waals surface area contributed by atoms with Gasteiger partial charge >= 0.3 is 0 Å². The summed E-state index contributed by atoms with van der Waals surface area (Å²) < 4.78 is 5.33. The molecule has 3 heterocycles. The molecule has 126 valence electrons. The molecule has 1 atom stereocenters. The van der Waals surface area contributed by atoms with Gasteiger partial charge in [0.1, 0.15) is 5.76 Å². The SMILES string of the molecule is C=C1Cc2cnc(-c3c(C)noc3C)cc2[C@H](c2ccccc2)N1C. The molecule has 0 spiro atoms. The highest BCUT2D eigenvalue weighted by molar-refractivity contribution is 5.65. The maximum Gasteiger partial charge on any atom is 0.143 e. The smallest absolute Gasteiger partial charge is 0.143 e. The second-order valence-corrected chi connectivity index (χ2v) is 6.63. The first kappa shape index (κ1) is 15.6. The average molecular weight is 331 g/mol. The van der Waals surface area contributed by atoms with Gasteiger partial charge in [0.2, 0.25) is 0 Å². The zero-order chi connectivity index (χ0) is 17.6. The molecule has 0 aliphatic carbocycles. The van der Waals surface area contributed by atoms with Crippen LogP contribution in [0.3, 0.4) is 0 Å². The predicted octanol–water partition coefficient (Wildman–Crippen LogP) is 4.44. The first-order chi connectivity index (χ1) is 12.1. The Kier molecular flexibility index (Phi) is 3.68. The van der Waals surface area contributed by atoms with Crippen LogP contribution in [-0.4, -0.2) is 22.1 Å². The van der Waals surface area contributed by atoms with Crippen molar-refractivity contribution < 1.29 is 4.52 Å². The molecule has 1 aliphatic heterocycles. The summed E-state index contributed by atoms with van der Waals surface area (Å²) in [6.07, 6.45) is 2.80. The number of hydrogen-bond donors (Lipinski definition) is 0. The van der Waals surface area contributed by atoms with Gasteiger partial charge in [-0.3, -0.25) is 4.98 Å². The summed E-state index contributed by atoms with van der Waals surface area (Å²) in [6.45, 7) is 8.13. The Morgan fingerprint density at radius 3 is 2.64 bits per heavy atom. The van der Waals surface area contributed by atoms with Gasteiger partial charge in [-0.1, -0.05) is 42.1 Å². The van der Waals surface area contributed by atoms with E-state index < -0.39 is 0 Å². The van der Waals surface area contributed by atoms with E-state index in [4.69, 9.17) is 4.52 Å². The summed E-state index contributed by atoms with van der Waals surface area (Å²) in [6, 6.07) is 12.9. The van der Waals surface area contributed by atoms with Gasteiger partial charge in [-0.2, -0.15) is 0 Å². The number of fused-ring (bicyclic) bond motifs is 1. The number of allylic oxidation sites excluding steroid dienone is 1. The lowest BCUT2D eigenvalue weighted by atomic mass is 9.87. The Morgan fingerprint density at radius 2 is 1.96 bits per heavy atom. The molecule has 0 unspecified atom stereocenters. The highest BCUT2D eigenvalue weighted by atomic mass is 16.5. The Bertz CT molecular complexity index is 924. The van der Waals surface area contributed by atoms with E-state index in [1.54, 1.807) is 0 Å². The maximum absolute atomic E-state index is 5.33. The molecule has 4 nitrogen and oxygen atoms in total. The molecule has 0 radical (unpaired) electrons. The summed E-state index contributed by atoms with van der Waals surface area (Å²) in [7, 11) is 2.11. The topological polar surface area (TPSA) is 42.2 Å². The van der Waals surface area contributed by atoms with Crippen molar-refractivity contribution in [1.82, 2.24) is 15.0 Å². The molecule has 0 N–H and O–H groups in total. The van der Waals surface area contributed by atoms with Crippen LogP contribution in [0.25, 0.3) is 11.3 Å². The van der Waals surface area contributed by atoms with Gasteiger partial charge in [0.05, 0.1) is 23.0 Å². The lowest BCUT2D eigenvalue weighted by Gasteiger charge is -2.38. The summed E-state index contributed by atoms with van der Waals surface area (Å²) in [5, 5.41) is 4.07. The normalized spacial score (nSPS) is 16.8. The van der Waals surface area contributed by atoms with Crippen LogP contribution in [0.15, 0.2) is 59.4 Å². The second kappa shape index (κ2) is 5.88. The first-order valence-electron chi connectivity index (χ1n) is 8.44. The van der Waals surface area contributed by atoms with Crippen molar-refractivity contribution in [3.63, 3.8) is 0 Å². The van der Waals surface area contributed by atoms with Gasteiger partial charge < -0.3 is 9.42 Å². The number of benzene rings is 1. The second-order valence-electron chi connectivity index (χ2n) is 6.63. The van der Waals surface area contributed by atoms with E-state index in [-0.39, 0.29) is 6.04 Å². The third-order valence-corrected chi connectivity index (χ3v) is 5.00. The minimum absolute atomic E-state index is 0.139. The zero-order valence-corrected chi connectivity index (χ0v) is 14.8. The van der Waals surface area contributed by atoms with Crippen molar-refractivity contribution in [3.05, 3.63) is 83.0 Å². The Hall–Kier alpha value is -2.88. The molecule has 4 rings (SSSR count). The Labute approximate surface area is 147 Å². The highest BCUT2D eigenvalue weighted by Crippen LogP contribution is 2.39. The van der Waals surface area contributed by atoms with Crippen LogP contribution in [0.1, 0.15) is 34.2 Å². The summed E-state index contributed by atoms with van der Waals surface area (Å²) in [4.78, 5) is 6.94. The fourth-order valence-electron chi connectivity index (χ4n) is 3.66. The van der Waals surface area contributed by atoms with E-state index in [1.807, 2.05) is 26.1 Å². The van der Waals surface area contributed by atoms with Crippen LogP contribution < -0.4 is 0 Å². The van der Waals surface area contributed by atoms with Crippen LogP contribution >= 0.6 is 0 Å². The fraction of sp³-hybridized carbons (Fsp3) is 0.238.